The van der Waals surface area contributed by atoms with E-state index in [0.29, 0.717) is 16.3 Å². The minimum Gasteiger partial charge on any atom is -0.320 e. The van der Waals surface area contributed by atoms with E-state index in [2.05, 4.69) is 35.8 Å². The highest BCUT2D eigenvalue weighted by Gasteiger charge is 2.14. The van der Waals surface area contributed by atoms with Gasteiger partial charge in [0.05, 0.1) is 17.1 Å². The van der Waals surface area contributed by atoms with Crippen LogP contribution < -0.4 is 5.32 Å². The molecule has 5 nitrogen and oxygen atoms in total. The van der Waals surface area contributed by atoms with Gasteiger partial charge in [-0.2, -0.15) is 0 Å². The number of halogens is 1. The first-order valence-electron chi connectivity index (χ1n) is 4.81. The van der Waals surface area contributed by atoms with Gasteiger partial charge in [-0.3, -0.25) is 4.79 Å². The number of nitrogens with one attached hydrogen (secondary N) is 1. The van der Waals surface area contributed by atoms with Crippen LogP contribution in [0.25, 0.3) is 0 Å². The number of hydrogen-bond donors (Lipinski definition) is 1. The van der Waals surface area contributed by atoms with Crippen LogP contribution in [0.5, 0.6) is 0 Å². The van der Waals surface area contributed by atoms with Crippen molar-refractivity contribution in [2.75, 3.05) is 5.32 Å². The number of hydrogen-bond acceptors (Lipinski definition) is 5. The predicted octanol–water partition coefficient (Wildman–Crippen LogP) is 2.56. The van der Waals surface area contributed by atoms with E-state index in [1.807, 2.05) is 6.92 Å². The lowest BCUT2D eigenvalue weighted by Gasteiger charge is -2.06. The maximum atomic E-state index is 11.9. The van der Waals surface area contributed by atoms with E-state index < -0.39 is 0 Å². The minimum absolute atomic E-state index is 0.204. The number of carbonyl (C=O) groups is 1. The molecule has 17 heavy (non-hydrogen) atoms. The van der Waals surface area contributed by atoms with Crippen LogP contribution >= 0.6 is 27.5 Å². The molecule has 2 aromatic rings. The molecule has 2 heterocycles. The summed E-state index contributed by atoms with van der Waals surface area (Å²) in [5.41, 5.74) is 2.07. The summed E-state index contributed by atoms with van der Waals surface area (Å²) >= 11 is 4.35. The molecule has 0 atom stereocenters. The summed E-state index contributed by atoms with van der Waals surface area (Å²) in [6, 6.07) is 3.58. The summed E-state index contributed by atoms with van der Waals surface area (Å²) in [4.78, 5) is 16.6. The van der Waals surface area contributed by atoms with Crippen molar-refractivity contribution in [2.24, 2.45) is 0 Å². The molecule has 1 amide bonds. The highest BCUT2D eigenvalue weighted by Crippen LogP contribution is 2.18. The van der Waals surface area contributed by atoms with Gasteiger partial charge in [0.25, 0.3) is 5.91 Å². The Hall–Kier alpha value is -1.34. The largest absolute Gasteiger partial charge is 0.320 e. The normalized spacial score (nSPS) is 10.3. The molecule has 0 aliphatic rings. The second-order valence-corrected chi connectivity index (χ2v) is 4.98. The van der Waals surface area contributed by atoms with Gasteiger partial charge >= 0.3 is 0 Å². The molecule has 2 rings (SSSR count). The van der Waals surface area contributed by atoms with E-state index in [1.165, 1.54) is 0 Å². The number of anilines is 1. The van der Waals surface area contributed by atoms with E-state index >= 15 is 0 Å². The molecule has 2 aromatic heterocycles. The second kappa shape index (κ2) is 4.89. The van der Waals surface area contributed by atoms with Crippen LogP contribution in [0.2, 0.25) is 0 Å². The molecule has 0 unspecified atom stereocenters. The van der Waals surface area contributed by atoms with Crippen LogP contribution in [0.15, 0.2) is 16.7 Å². The Balaban J connectivity index is 2.22. The fourth-order valence-corrected chi connectivity index (χ4v) is 2.23. The number of carbonyl (C=O) groups excluding carboxylic acids is 1. The van der Waals surface area contributed by atoms with Crippen LogP contribution in [0.1, 0.15) is 21.1 Å². The van der Waals surface area contributed by atoms with Crippen LogP contribution in [-0.2, 0) is 0 Å². The van der Waals surface area contributed by atoms with Crippen LogP contribution in [-0.4, -0.2) is 20.5 Å². The number of pyridine rings is 1. The standard InChI is InChI=1S/C10H9BrN4OS/c1-5-7(3-4-8(11)12-5)13-10(16)9-6(2)14-15-17-9/h3-4H,1-2H3,(H,13,16). The predicted molar refractivity (Wildman–Crippen MR) is 69.3 cm³/mol. The van der Waals surface area contributed by atoms with E-state index in [-0.39, 0.29) is 5.91 Å². The molecule has 0 spiro atoms. The third-order valence-corrected chi connectivity index (χ3v) is 3.43. The molecule has 1 N–H and O–H groups in total. The Labute approximate surface area is 111 Å². The molecule has 0 fully saturated rings. The fraction of sp³-hybridized carbons (Fsp3) is 0.200. The molecule has 0 aliphatic carbocycles. The van der Waals surface area contributed by atoms with Gasteiger partial charge in [-0.1, -0.05) is 4.49 Å². The lowest BCUT2D eigenvalue weighted by atomic mass is 10.3. The molecule has 0 saturated heterocycles. The third kappa shape index (κ3) is 2.67. The lowest BCUT2D eigenvalue weighted by molar-refractivity contribution is 0.102. The Morgan fingerprint density at radius 1 is 1.35 bits per heavy atom. The molecule has 0 bridgehead atoms. The second-order valence-electron chi connectivity index (χ2n) is 3.41. The van der Waals surface area contributed by atoms with Crippen LogP contribution in [0.3, 0.4) is 0 Å². The SMILES string of the molecule is Cc1nc(Br)ccc1NC(=O)c1snnc1C. The van der Waals surface area contributed by atoms with Crippen LogP contribution in [0.4, 0.5) is 5.69 Å². The maximum absolute atomic E-state index is 11.9. The smallest absolute Gasteiger partial charge is 0.269 e. The first kappa shape index (κ1) is 12.1. The van der Waals surface area contributed by atoms with E-state index in [0.717, 1.165) is 21.8 Å². The number of nitrogens with zero attached hydrogens (tertiary/aromatic N) is 3. The number of aromatic nitrogens is 3. The number of rotatable bonds is 2. The summed E-state index contributed by atoms with van der Waals surface area (Å²) in [5, 5.41) is 6.59. The first-order chi connectivity index (χ1) is 8.08. The Bertz CT molecular complexity index is 569. The zero-order valence-corrected chi connectivity index (χ0v) is 11.6. The summed E-state index contributed by atoms with van der Waals surface area (Å²) in [6.07, 6.45) is 0. The van der Waals surface area contributed by atoms with Gasteiger partial charge in [0.1, 0.15) is 9.48 Å². The summed E-state index contributed by atoms with van der Waals surface area (Å²) in [5.74, 6) is -0.204. The Morgan fingerprint density at radius 3 is 2.71 bits per heavy atom. The molecular weight excluding hydrogens is 304 g/mol. The minimum atomic E-state index is -0.204. The monoisotopic (exact) mass is 312 g/mol. The number of aryl methyl sites for hydroxylation is 2. The average Bonchev–Trinajstić information content (AvgIpc) is 2.68. The zero-order valence-electron chi connectivity index (χ0n) is 9.19. The van der Waals surface area contributed by atoms with Crippen molar-refractivity contribution < 1.29 is 4.79 Å². The quantitative estimate of drug-likeness (QED) is 0.865. The van der Waals surface area contributed by atoms with Gasteiger partial charge in [-0.05, 0) is 53.4 Å². The highest BCUT2D eigenvalue weighted by atomic mass is 79.9. The van der Waals surface area contributed by atoms with Crippen molar-refractivity contribution in [2.45, 2.75) is 13.8 Å². The zero-order chi connectivity index (χ0) is 12.4. The molecule has 0 radical (unpaired) electrons. The Kier molecular flexibility index (Phi) is 3.49. The molecule has 0 saturated carbocycles. The average molecular weight is 313 g/mol. The molecule has 7 heteroatoms. The molecular formula is C10H9BrN4OS. The van der Waals surface area contributed by atoms with Gasteiger partial charge in [0.2, 0.25) is 0 Å². The van der Waals surface area contributed by atoms with E-state index in [4.69, 9.17) is 0 Å². The van der Waals surface area contributed by atoms with Gasteiger partial charge in [0.15, 0.2) is 0 Å². The van der Waals surface area contributed by atoms with Gasteiger partial charge in [0, 0.05) is 0 Å². The van der Waals surface area contributed by atoms with Crippen molar-refractivity contribution in [3.63, 3.8) is 0 Å². The molecule has 0 aliphatic heterocycles. The first-order valence-corrected chi connectivity index (χ1v) is 6.38. The Morgan fingerprint density at radius 2 is 2.12 bits per heavy atom. The topological polar surface area (TPSA) is 67.8 Å². The van der Waals surface area contributed by atoms with Crippen molar-refractivity contribution in [1.82, 2.24) is 14.6 Å². The van der Waals surface area contributed by atoms with Crippen molar-refractivity contribution in [3.8, 4) is 0 Å². The maximum Gasteiger partial charge on any atom is 0.269 e. The summed E-state index contributed by atoms with van der Waals surface area (Å²) in [7, 11) is 0. The molecule has 0 aromatic carbocycles. The summed E-state index contributed by atoms with van der Waals surface area (Å²) in [6.45, 7) is 3.59. The fourth-order valence-electron chi connectivity index (χ4n) is 1.28. The van der Waals surface area contributed by atoms with Crippen LogP contribution in [0, 0.1) is 13.8 Å². The van der Waals surface area contributed by atoms with Crippen molar-refractivity contribution in [3.05, 3.63) is 33.0 Å². The van der Waals surface area contributed by atoms with Crippen molar-refractivity contribution in [1.29, 1.82) is 0 Å². The van der Waals surface area contributed by atoms with Gasteiger partial charge in [-0.25, -0.2) is 4.98 Å². The number of amides is 1. The summed E-state index contributed by atoms with van der Waals surface area (Å²) < 4.78 is 4.47. The third-order valence-electron chi connectivity index (χ3n) is 2.16. The van der Waals surface area contributed by atoms with Crippen molar-refractivity contribution >= 4 is 39.1 Å². The highest BCUT2D eigenvalue weighted by molar-refractivity contribution is 9.10. The molecule has 88 valence electrons. The lowest BCUT2D eigenvalue weighted by Crippen LogP contribution is -2.12. The van der Waals surface area contributed by atoms with Gasteiger partial charge < -0.3 is 5.32 Å². The van der Waals surface area contributed by atoms with E-state index in [1.54, 1.807) is 19.1 Å². The van der Waals surface area contributed by atoms with E-state index in [9.17, 15) is 4.79 Å². The van der Waals surface area contributed by atoms with Gasteiger partial charge in [-0.15, -0.1) is 5.10 Å².